The number of benzene rings is 1. The van der Waals surface area contributed by atoms with Gasteiger partial charge in [-0.2, -0.15) is 0 Å². The Labute approximate surface area is 137 Å². The molecule has 3 heteroatoms. The van der Waals surface area contributed by atoms with Gasteiger partial charge in [-0.15, -0.1) is 0 Å². The first kappa shape index (κ1) is 15.4. The van der Waals surface area contributed by atoms with Gasteiger partial charge in [0.25, 0.3) is 0 Å². The Bertz CT molecular complexity index is 474. The zero-order valence-corrected chi connectivity index (χ0v) is 14.8. The van der Waals surface area contributed by atoms with Crippen LogP contribution in [0, 0.1) is 17.8 Å². The third-order valence-corrected chi connectivity index (χ3v) is 5.47. The van der Waals surface area contributed by atoms with Crippen LogP contribution in [0.1, 0.15) is 38.7 Å². The van der Waals surface area contributed by atoms with E-state index in [1.165, 1.54) is 48.1 Å². The zero-order chi connectivity index (χ0) is 14.8. The molecule has 1 aromatic rings. The molecule has 1 aliphatic carbocycles. The highest BCUT2D eigenvalue weighted by molar-refractivity contribution is 9.10. The second-order valence-electron chi connectivity index (χ2n) is 7.15. The predicted molar refractivity (Wildman–Crippen MR) is 93.7 cm³/mol. The van der Waals surface area contributed by atoms with Crippen molar-refractivity contribution >= 4 is 21.6 Å². The van der Waals surface area contributed by atoms with Gasteiger partial charge in [-0.1, -0.05) is 36.2 Å². The fraction of sp³-hybridized carbons (Fsp3) is 0.667. The maximum atomic E-state index is 3.63. The van der Waals surface area contributed by atoms with Gasteiger partial charge in [-0.25, -0.2) is 0 Å². The number of hydrogen-bond donors (Lipinski definition) is 1. The molecule has 0 amide bonds. The summed E-state index contributed by atoms with van der Waals surface area (Å²) in [7, 11) is 0. The molecular weight excluding hydrogens is 324 g/mol. The van der Waals surface area contributed by atoms with Gasteiger partial charge in [-0.3, -0.25) is 0 Å². The molecule has 1 N–H and O–H groups in total. The molecule has 2 nitrogen and oxygen atoms in total. The lowest BCUT2D eigenvalue weighted by Crippen LogP contribution is -2.25. The standard InChI is InChI=1S/C18H27BrN2/c1-13(2)9-20-10-16-8-17(19)6-7-18(16)21-11-14-4-3-5-15(14)12-21/h6-8,13-15,20H,3-5,9-12H2,1-2H3. The Morgan fingerprint density at radius 3 is 2.62 bits per heavy atom. The number of nitrogens with one attached hydrogen (secondary N) is 1. The highest BCUT2D eigenvalue weighted by Crippen LogP contribution is 2.40. The summed E-state index contributed by atoms with van der Waals surface area (Å²) < 4.78 is 1.19. The van der Waals surface area contributed by atoms with Gasteiger partial charge in [0.2, 0.25) is 0 Å². The largest absolute Gasteiger partial charge is 0.371 e. The third kappa shape index (κ3) is 3.62. The lowest BCUT2D eigenvalue weighted by Gasteiger charge is -2.23. The second-order valence-corrected chi connectivity index (χ2v) is 8.07. The Hall–Kier alpha value is -0.540. The van der Waals surface area contributed by atoms with Crippen LogP contribution in [-0.4, -0.2) is 19.6 Å². The van der Waals surface area contributed by atoms with E-state index in [0.717, 1.165) is 24.9 Å². The minimum absolute atomic E-state index is 0.701. The second kappa shape index (κ2) is 6.70. The van der Waals surface area contributed by atoms with Crippen LogP contribution in [0.15, 0.2) is 22.7 Å². The van der Waals surface area contributed by atoms with Crippen molar-refractivity contribution in [3.05, 3.63) is 28.2 Å². The SMILES string of the molecule is CC(C)CNCc1cc(Br)ccc1N1CC2CCCC2C1. The molecule has 116 valence electrons. The molecule has 21 heavy (non-hydrogen) atoms. The first-order valence-electron chi connectivity index (χ1n) is 8.37. The van der Waals surface area contributed by atoms with Crippen LogP contribution in [0.3, 0.4) is 0 Å². The van der Waals surface area contributed by atoms with E-state index in [1.54, 1.807) is 0 Å². The van der Waals surface area contributed by atoms with Crippen LogP contribution >= 0.6 is 15.9 Å². The van der Waals surface area contributed by atoms with Gasteiger partial charge < -0.3 is 10.2 Å². The minimum atomic E-state index is 0.701. The van der Waals surface area contributed by atoms with Crippen LogP contribution in [0.25, 0.3) is 0 Å². The molecule has 1 heterocycles. The molecule has 2 unspecified atom stereocenters. The Morgan fingerprint density at radius 2 is 1.95 bits per heavy atom. The number of hydrogen-bond acceptors (Lipinski definition) is 2. The molecule has 3 rings (SSSR count). The van der Waals surface area contributed by atoms with Crippen molar-refractivity contribution in [3.8, 4) is 0 Å². The molecule has 0 bridgehead atoms. The van der Waals surface area contributed by atoms with E-state index in [0.29, 0.717) is 5.92 Å². The quantitative estimate of drug-likeness (QED) is 0.844. The van der Waals surface area contributed by atoms with Crippen LogP contribution < -0.4 is 10.2 Å². The molecule has 2 aliphatic rings. The van der Waals surface area contributed by atoms with Crippen molar-refractivity contribution < 1.29 is 0 Å². The molecule has 1 saturated heterocycles. The maximum absolute atomic E-state index is 3.63. The van der Waals surface area contributed by atoms with Crippen LogP contribution in [-0.2, 0) is 6.54 Å². The maximum Gasteiger partial charge on any atom is 0.0412 e. The van der Waals surface area contributed by atoms with Gasteiger partial charge in [0, 0.05) is 29.8 Å². The summed E-state index contributed by atoms with van der Waals surface area (Å²) in [5.74, 6) is 2.60. The fourth-order valence-corrected chi connectivity index (χ4v) is 4.34. The summed E-state index contributed by atoms with van der Waals surface area (Å²) >= 11 is 3.63. The summed E-state index contributed by atoms with van der Waals surface area (Å²) in [6.45, 7) is 9.11. The Kier molecular flexibility index (Phi) is 4.90. The van der Waals surface area contributed by atoms with E-state index in [9.17, 15) is 0 Å². The number of nitrogens with zero attached hydrogens (tertiary/aromatic N) is 1. The van der Waals surface area contributed by atoms with Crippen LogP contribution in [0.5, 0.6) is 0 Å². The topological polar surface area (TPSA) is 15.3 Å². The van der Waals surface area contributed by atoms with Crippen LogP contribution in [0.2, 0.25) is 0 Å². The number of halogens is 1. The molecule has 1 aliphatic heterocycles. The van der Waals surface area contributed by atoms with Crippen molar-refractivity contribution in [2.24, 2.45) is 17.8 Å². The summed E-state index contributed by atoms with van der Waals surface area (Å²) in [5, 5.41) is 3.60. The van der Waals surface area contributed by atoms with Gasteiger partial charge >= 0.3 is 0 Å². The van der Waals surface area contributed by atoms with E-state index in [2.05, 4.69) is 58.2 Å². The zero-order valence-electron chi connectivity index (χ0n) is 13.2. The molecular formula is C18H27BrN2. The monoisotopic (exact) mass is 350 g/mol. The van der Waals surface area contributed by atoms with E-state index >= 15 is 0 Å². The number of rotatable bonds is 5. The third-order valence-electron chi connectivity index (χ3n) is 4.98. The fourth-order valence-electron chi connectivity index (χ4n) is 3.93. The number of fused-ring (bicyclic) bond motifs is 1. The minimum Gasteiger partial charge on any atom is -0.371 e. The lowest BCUT2D eigenvalue weighted by molar-refractivity contribution is 0.494. The summed E-state index contributed by atoms with van der Waals surface area (Å²) in [5.41, 5.74) is 2.88. The van der Waals surface area contributed by atoms with E-state index in [-0.39, 0.29) is 0 Å². The molecule has 2 atom stereocenters. The smallest absolute Gasteiger partial charge is 0.0412 e. The van der Waals surface area contributed by atoms with Gasteiger partial charge in [0.05, 0.1) is 0 Å². The van der Waals surface area contributed by atoms with Gasteiger partial charge in [0.15, 0.2) is 0 Å². The average molecular weight is 351 g/mol. The molecule has 0 aromatic heterocycles. The van der Waals surface area contributed by atoms with Crippen LogP contribution in [0.4, 0.5) is 5.69 Å². The van der Waals surface area contributed by atoms with E-state index < -0.39 is 0 Å². The normalized spacial score (nSPS) is 24.9. The van der Waals surface area contributed by atoms with Gasteiger partial charge in [-0.05, 0) is 60.9 Å². The lowest BCUT2D eigenvalue weighted by atomic mass is 10.0. The van der Waals surface area contributed by atoms with Crippen molar-refractivity contribution in [2.75, 3.05) is 24.5 Å². The van der Waals surface area contributed by atoms with Crippen molar-refractivity contribution in [1.29, 1.82) is 0 Å². The summed E-state index contributed by atoms with van der Waals surface area (Å²) in [4.78, 5) is 2.63. The first-order chi connectivity index (χ1) is 10.1. The highest BCUT2D eigenvalue weighted by Gasteiger charge is 2.36. The average Bonchev–Trinajstić information content (AvgIpc) is 2.99. The Morgan fingerprint density at radius 1 is 1.24 bits per heavy atom. The molecule has 2 fully saturated rings. The molecule has 0 radical (unpaired) electrons. The molecule has 1 aromatic carbocycles. The van der Waals surface area contributed by atoms with E-state index in [4.69, 9.17) is 0 Å². The van der Waals surface area contributed by atoms with Gasteiger partial charge in [0.1, 0.15) is 0 Å². The predicted octanol–water partition coefficient (Wildman–Crippen LogP) is 4.43. The highest BCUT2D eigenvalue weighted by atomic mass is 79.9. The summed E-state index contributed by atoms with van der Waals surface area (Å²) in [6.07, 6.45) is 4.34. The molecule has 0 spiro atoms. The van der Waals surface area contributed by atoms with Crippen molar-refractivity contribution in [2.45, 2.75) is 39.7 Å². The Balaban J connectivity index is 1.72. The molecule has 1 saturated carbocycles. The van der Waals surface area contributed by atoms with Crippen molar-refractivity contribution in [3.63, 3.8) is 0 Å². The summed E-state index contributed by atoms with van der Waals surface area (Å²) in [6, 6.07) is 6.78. The van der Waals surface area contributed by atoms with Crippen molar-refractivity contribution in [1.82, 2.24) is 5.32 Å². The first-order valence-corrected chi connectivity index (χ1v) is 9.17. The number of anilines is 1. The van der Waals surface area contributed by atoms with E-state index in [1.807, 2.05) is 0 Å².